The van der Waals surface area contributed by atoms with Gasteiger partial charge in [-0.05, 0) is 46.1 Å². The van der Waals surface area contributed by atoms with Gasteiger partial charge in [-0.2, -0.15) is 0 Å². The number of aromatic nitrogens is 1. The number of rotatable bonds is 3. The molecule has 0 spiro atoms. The van der Waals surface area contributed by atoms with Crippen LogP contribution < -0.4 is 0 Å². The van der Waals surface area contributed by atoms with Gasteiger partial charge in [0, 0.05) is 16.9 Å². The molecule has 0 unspecified atom stereocenters. The number of carbonyl (C=O) groups is 1. The van der Waals surface area contributed by atoms with Crippen molar-refractivity contribution < 1.29 is 9.53 Å². The van der Waals surface area contributed by atoms with Crippen molar-refractivity contribution >= 4 is 33.9 Å². The average Bonchev–Trinajstić information content (AvgIpc) is 2.89. The Morgan fingerprint density at radius 1 is 1.22 bits per heavy atom. The SMILES string of the molecule is CC(/C=C1\N=C(c2cncc(Br)c2)OC1=O)=C\c1ccccc1. The molecule has 0 atom stereocenters. The third-order valence-electron chi connectivity index (χ3n) is 3.13. The molecule has 1 aromatic heterocycles. The zero-order chi connectivity index (χ0) is 16.2. The molecular weight excluding hydrogens is 356 g/mol. The van der Waals surface area contributed by atoms with E-state index in [-0.39, 0.29) is 11.6 Å². The molecule has 2 aromatic rings. The van der Waals surface area contributed by atoms with Crippen LogP contribution in [0.25, 0.3) is 6.08 Å². The van der Waals surface area contributed by atoms with Crippen molar-refractivity contribution in [1.29, 1.82) is 0 Å². The summed E-state index contributed by atoms with van der Waals surface area (Å²) in [5.41, 5.74) is 2.92. The Kier molecular flexibility index (Phi) is 4.48. The fraction of sp³-hybridized carbons (Fsp3) is 0.0556. The number of hydrogen-bond donors (Lipinski definition) is 0. The van der Waals surface area contributed by atoms with Crippen LogP contribution in [0.3, 0.4) is 0 Å². The number of carbonyl (C=O) groups excluding carboxylic acids is 1. The fourth-order valence-electron chi connectivity index (χ4n) is 2.13. The van der Waals surface area contributed by atoms with E-state index >= 15 is 0 Å². The summed E-state index contributed by atoms with van der Waals surface area (Å²) in [4.78, 5) is 20.3. The van der Waals surface area contributed by atoms with Gasteiger partial charge in [0.1, 0.15) is 0 Å². The first kappa shape index (κ1) is 15.4. The number of hydrogen-bond acceptors (Lipinski definition) is 4. The van der Waals surface area contributed by atoms with Crippen molar-refractivity contribution in [3.05, 3.63) is 81.7 Å². The minimum Gasteiger partial charge on any atom is -0.402 e. The highest BCUT2D eigenvalue weighted by Crippen LogP contribution is 2.20. The van der Waals surface area contributed by atoms with Crippen LogP contribution in [-0.2, 0) is 9.53 Å². The van der Waals surface area contributed by atoms with Crippen LogP contribution in [-0.4, -0.2) is 16.9 Å². The summed E-state index contributed by atoms with van der Waals surface area (Å²) in [7, 11) is 0. The first-order valence-electron chi connectivity index (χ1n) is 6.99. The number of halogens is 1. The quantitative estimate of drug-likeness (QED) is 0.604. The molecule has 1 aromatic carbocycles. The molecule has 1 aliphatic rings. The molecule has 0 amide bonds. The fourth-order valence-corrected chi connectivity index (χ4v) is 2.50. The van der Waals surface area contributed by atoms with E-state index in [0.29, 0.717) is 5.56 Å². The van der Waals surface area contributed by atoms with Crippen LogP contribution in [0.4, 0.5) is 0 Å². The van der Waals surface area contributed by atoms with E-state index in [4.69, 9.17) is 4.74 Å². The standard InChI is InChI=1S/C18H13BrN2O2/c1-12(7-13-5-3-2-4-6-13)8-16-18(22)23-17(21-16)14-9-15(19)11-20-10-14/h2-11H,1H3/b12-7+,16-8-. The van der Waals surface area contributed by atoms with Crippen molar-refractivity contribution in [3.63, 3.8) is 0 Å². The minimum atomic E-state index is -0.458. The molecule has 3 rings (SSSR count). The lowest BCUT2D eigenvalue weighted by molar-refractivity contribution is -0.130. The maximum atomic E-state index is 12.0. The van der Waals surface area contributed by atoms with Crippen LogP contribution in [0, 0.1) is 0 Å². The van der Waals surface area contributed by atoms with E-state index in [1.807, 2.05) is 43.3 Å². The summed E-state index contributed by atoms with van der Waals surface area (Å²) >= 11 is 3.34. The van der Waals surface area contributed by atoms with E-state index in [1.165, 1.54) is 0 Å². The largest absolute Gasteiger partial charge is 0.402 e. The zero-order valence-electron chi connectivity index (χ0n) is 12.4. The third-order valence-corrected chi connectivity index (χ3v) is 3.56. The van der Waals surface area contributed by atoms with Crippen LogP contribution in [0.1, 0.15) is 18.1 Å². The van der Waals surface area contributed by atoms with Crippen LogP contribution in [0.5, 0.6) is 0 Å². The summed E-state index contributed by atoms with van der Waals surface area (Å²) in [5.74, 6) is -0.191. The number of benzene rings is 1. The number of aliphatic imine (C=N–C) groups is 1. The van der Waals surface area contributed by atoms with E-state index in [2.05, 4.69) is 25.9 Å². The van der Waals surface area contributed by atoms with Crippen molar-refractivity contribution in [2.75, 3.05) is 0 Å². The maximum Gasteiger partial charge on any atom is 0.363 e. The predicted octanol–water partition coefficient (Wildman–Crippen LogP) is 4.13. The Morgan fingerprint density at radius 2 is 2.00 bits per heavy atom. The average molecular weight is 369 g/mol. The van der Waals surface area contributed by atoms with Gasteiger partial charge in [0.25, 0.3) is 0 Å². The number of ether oxygens (including phenoxy) is 1. The first-order valence-corrected chi connectivity index (χ1v) is 7.78. The van der Waals surface area contributed by atoms with Crippen LogP contribution in [0.15, 0.2) is 75.6 Å². The molecule has 23 heavy (non-hydrogen) atoms. The molecule has 0 fully saturated rings. The highest BCUT2D eigenvalue weighted by atomic mass is 79.9. The first-order chi connectivity index (χ1) is 11.1. The Balaban J connectivity index is 1.88. The Hall–Kier alpha value is -2.53. The Bertz CT molecular complexity index is 839. The number of esters is 1. The van der Waals surface area contributed by atoms with E-state index in [1.54, 1.807) is 24.5 Å². The molecule has 0 saturated heterocycles. The second kappa shape index (κ2) is 6.71. The van der Waals surface area contributed by atoms with Gasteiger partial charge in [0.05, 0.1) is 5.56 Å². The lowest BCUT2D eigenvalue weighted by Gasteiger charge is -1.98. The Morgan fingerprint density at radius 3 is 2.74 bits per heavy atom. The summed E-state index contributed by atoms with van der Waals surface area (Å²) in [6.45, 7) is 1.92. The molecule has 114 valence electrons. The van der Waals surface area contributed by atoms with E-state index in [9.17, 15) is 4.79 Å². The summed E-state index contributed by atoms with van der Waals surface area (Å²) in [6.07, 6.45) is 6.96. The molecule has 5 heteroatoms. The van der Waals surface area contributed by atoms with E-state index in [0.717, 1.165) is 15.6 Å². The predicted molar refractivity (Wildman–Crippen MR) is 92.7 cm³/mol. The zero-order valence-corrected chi connectivity index (χ0v) is 13.9. The van der Waals surface area contributed by atoms with Crippen LogP contribution >= 0.6 is 15.9 Å². The molecule has 4 nitrogen and oxygen atoms in total. The summed E-state index contributed by atoms with van der Waals surface area (Å²) in [5, 5.41) is 0. The molecule has 0 aliphatic carbocycles. The van der Waals surface area contributed by atoms with Crippen LogP contribution in [0.2, 0.25) is 0 Å². The molecule has 0 saturated carbocycles. The smallest absolute Gasteiger partial charge is 0.363 e. The van der Waals surface area contributed by atoms with Gasteiger partial charge in [-0.1, -0.05) is 36.4 Å². The van der Waals surface area contributed by atoms with Crippen molar-refractivity contribution in [2.24, 2.45) is 4.99 Å². The van der Waals surface area contributed by atoms with Gasteiger partial charge < -0.3 is 4.74 Å². The third kappa shape index (κ3) is 3.81. The summed E-state index contributed by atoms with van der Waals surface area (Å²) in [6, 6.07) is 11.7. The van der Waals surface area contributed by atoms with Gasteiger partial charge in [-0.25, -0.2) is 9.79 Å². The highest BCUT2D eigenvalue weighted by molar-refractivity contribution is 9.10. The van der Waals surface area contributed by atoms with Gasteiger partial charge >= 0.3 is 5.97 Å². The number of nitrogens with zero attached hydrogens (tertiary/aromatic N) is 2. The lowest BCUT2D eigenvalue weighted by atomic mass is 10.1. The minimum absolute atomic E-state index is 0.266. The van der Waals surface area contributed by atoms with Crippen molar-refractivity contribution in [2.45, 2.75) is 6.92 Å². The molecular formula is C18H13BrN2O2. The summed E-state index contributed by atoms with van der Waals surface area (Å²) < 4.78 is 6.02. The molecule has 1 aliphatic heterocycles. The van der Waals surface area contributed by atoms with Crippen molar-refractivity contribution in [1.82, 2.24) is 4.98 Å². The van der Waals surface area contributed by atoms with Gasteiger partial charge in [0.15, 0.2) is 5.70 Å². The second-order valence-corrected chi connectivity index (χ2v) is 5.94. The topological polar surface area (TPSA) is 51.6 Å². The maximum absolute atomic E-state index is 12.0. The normalized spacial score (nSPS) is 16.4. The second-order valence-electron chi connectivity index (χ2n) is 5.03. The molecule has 0 N–H and O–H groups in total. The lowest BCUT2D eigenvalue weighted by Crippen LogP contribution is -2.05. The van der Waals surface area contributed by atoms with E-state index < -0.39 is 5.97 Å². The van der Waals surface area contributed by atoms with Crippen molar-refractivity contribution in [3.8, 4) is 0 Å². The molecule has 0 radical (unpaired) electrons. The molecule has 2 heterocycles. The number of allylic oxidation sites excluding steroid dienone is 2. The molecule has 0 bridgehead atoms. The number of pyridine rings is 1. The Labute approximate surface area is 142 Å². The van der Waals surface area contributed by atoms with Gasteiger partial charge in [-0.3, -0.25) is 4.98 Å². The van der Waals surface area contributed by atoms with Gasteiger partial charge in [0.2, 0.25) is 5.90 Å². The highest BCUT2D eigenvalue weighted by Gasteiger charge is 2.24. The number of cyclic esters (lactones) is 1. The van der Waals surface area contributed by atoms with Gasteiger partial charge in [-0.15, -0.1) is 0 Å². The monoisotopic (exact) mass is 368 g/mol.